The highest BCUT2D eigenvalue weighted by atomic mass is 32.1. The SMILES string of the molecule is CCCCC(CC)COC(=O)c1sc2c(-c3cc4c(-c5ccc(CC(CC)CCCC)s5)c5sc(C(C)(C)C)cc5c(-c5ccc(CC(CC)CCCC)s5)c4s3)sc(C(C)(C)C)c2c1P. The molecule has 0 radical (unpaired) electrons. The van der Waals surface area contributed by atoms with Gasteiger partial charge in [-0.2, -0.15) is 0 Å². The lowest BCUT2D eigenvalue weighted by molar-refractivity contribution is 0.0435. The number of carbonyl (C=O) groups is 1. The van der Waals surface area contributed by atoms with E-state index in [9.17, 15) is 4.79 Å². The van der Waals surface area contributed by atoms with Crippen LogP contribution in [-0.4, -0.2) is 12.6 Å². The fraction of sp³-hybridized carbons (Fsp3) is 0.561. The molecule has 66 heavy (non-hydrogen) atoms. The molecule has 6 aromatic heterocycles. The third-order valence-electron chi connectivity index (χ3n) is 13.7. The van der Waals surface area contributed by atoms with Crippen LogP contribution in [0, 0.1) is 17.8 Å². The molecule has 0 fully saturated rings. The van der Waals surface area contributed by atoms with Gasteiger partial charge in [0.2, 0.25) is 0 Å². The number of esters is 1. The van der Waals surface area contributed by atoms with Crippen LogP contribution in [0.15, 0.2) is 36.4 Å². The van der Waals surface area contributed by atoms with Gasteiger partial charge in [-0.25, -0.2) is 4.79 Å². The number of benzene rings is 1. The number of ether oxygens (including phenoxy) is 1. The fourth-order valence-electron chi connectivity index (χ4n) is 9.47. The number of carbonyl (C=O) groups excluding carboxylic acids is 1. The van der Waals surface area contributed by atoms with Crippen molar-refractivity contribution in [1.29, 1.82) is 0 Å². The zero-order chi connectivity index (χ0) is 47.5. The van der Waals surface area contributed by atoms with Crippen molar-refractivity contribution in [3.63, 3.8) is 0 Å². The van der Waals surface area contributed by atoms with E-state index in [1.807, 2.05) is 56.7 Å². The van der Waals surface area contributed by atoms with Crippen LogP contribution in [0.5, 0.6) is 0 Å². The van der Waals surface area contributed by atoms with Gasteiger partial charge in [0.1, 0.15) is 4.88 Å². The van der Waals surface area contributed by atoms with Crippen molar-refractivity contribution >= 4 is 119 Å². The molecule has 358 valence electrons. The third kappa shape index (κ3) is 11.3. The van der Waals surface area contributed by atoms with Gasteiger partial charge in [0.25, 0.3) is 0 Å². The Kier molecular flexibility index (Phi) is 17.7. The molecule has 2 nitrogen and oxygen atoms in total. The van der Waals surface area contributed by atoms with Crippen LogP contribution in [-0.2, 0) is 28.4 Å². The molecule has 0 saturated carbocycles. The number of unbranched alkanes of at least 4 members (excludes halogenated alkanes) is 3. The maximum atomic E-state index is 14.0. The molecule has 6 heterocycles. The molecule has 9 heteroatoms. The lowest BCUT2D eigenvalue weighted by Gasteiger charge is -2.17. The standard InChI is InChI=1S/C57H77O2PS6/c1-13-19-22-34(16-4)29-37-25-27-41(61-37)45-39-31-43(51-52-47(54(66-51)57(10,11)12)48(60)53(65-52)55(58)59-33-36(18-6)24-21-15-3)63-49(39)46(40-32-44(56(7,8)9)64-50(40)45)42-28-26-38(62-42)30-35(17-5)23-20-14-2/h25-28,31-32,34-36H,13-24,29-30,33,60H2,1-12H3. The van der Waals surface area contributed by atoms with Gasteiger partial charge in [-0.3, -0.25) is 0 Å². The molecular weight excluding hydrogens is 940 g/mol. The van der Waals surface area contributed by atoms with E-state index in [2.05, 4.69) is 129 Å². The van der Waals surface area contributed by atoms with Gasteiger partial charge in [0.15, 0.2) is 0 Å². The molecular formula is C57H77O2PS6. The average Bonchev–Trinajstić information content (AvgIpc) is 4.15. The number of hydrogen-bond donors (Lipinski definition) is 0. The van der Waals surface area contributed by atoms with Crippen LogP contribution in [0.25, 0.3) is 60.9 Å². The summed E-state index contributed by atoms with van der Waals surface area (Å²) in [6.07, 6.45) is 17.0. The van der Waals surface area contributed by atoms with Gasteiger partial charge < -0.3 is 4.74 Å². The smallest absolute Gasteiger partial charge is 0.348 e. The number of thiophene rings is 6. The van der Waals surface area contributed by atoms with Crippen molar-refractivity contribution in [2.75, 3.05) is 6.61 Å². The molecule has 0 spiro atoms. The zero-order valence-electron chi connectivity index (χ0n) is 42.1. The van der Waals surface area contributed by atoms with Crippen molar-refractivity contribution < 1.29 is 9.53 Å². The summed E-state index contributed by atoms with van der Waals surface area (Å²) >= 11 is 11.6. The second kappa shape index (κ2) is 22.5. The van der Waals surface area contributed by atoms with Crippen LogP contribution in [0.1, 0.15) is 189 Å². The van der Waals surface area contributed by atoms with Crippen LogP contribution < -0.4 is 5.30 Å². The zero-order valence-corrected chi connectivity index (χ0v) is 48.2. The summed E-state index contributed by atoms with van der Waals surface area (Å²) in [5.41, 5.74) is 2.76. The van der Waals surface area contributed by atoms with Gasteiger partial charge >= 0.3 is 5.97 Å². The molecule has 0 amide bonds. The molecule has 0 bridgehead atoms. The Balaban J connectivity index is 1.45. The van der Waals surface area contributed by atoms with E-state index in [1.54, 1.807) is 11.3 Å². The highest BCUT2D eigenvalue weighted by molar-refractivity contribution is 7.37. The number of fused-ring (bicyclic) bond motifs is 3. The predicted octanol–water partition coefficient (Wildman–Crippen LogP) is 20.5. The van der Waals surface area contributed by atoms with Crippen LogP contribution in [0.4, 0.5) is 0 Å². The predicted molar refractivity (Wildman–Crippen MR) is 307 cm³/mol. The van der Waals surface area contributed by atoms with E-state index in [0.29, 0.717) is 12.5 Å². The Bertz CT molecular complexity index is 2600. The Labute approximate surface area is 424 Å². The minimum atomic E-state index is -0.176. The first-order valence-electron chi connectivity index (χ1n) is 25.3. The topological polar surface area (TPSA) is 26.3 Å². The quantitative estimate of drug-likeness (QED) is 0.0500. The van der Waals surface area contributed by atoms with Gasteiger partial charge in [-0.1, -0.05) is 154 Å². The maximum Gasteiger partial charge on any atom is 0.348 e. The molecule has 0 N–H and O–H groups in total. The molecule has 0 aliphatic rings. The first-order chi connectivity index (χ1) is 31.5. The highest BCUT2D eigenvalue weighted by Crippen LogP contribution is 2.56. The molecule has 7 aromatic rings. The molecule has 4 unspecified atom stereocenters. The summed E-state index contributed by atoms with van der Waals surface area (Å²) < 4.78 is 10.2. The van der Waals surface area contributed by atoms with Crippen molar-refractivity contribution in [3.05, 3.63) is 60.8 Å². The normalized spacial score (nSPS) is 14.0. The highest BCUT2D eigenvalue weighted by Gasteiger charge is 2.32. The van der Waals surface area contributed by atoms with E-state index in [1.165, 1.54) is 138 Å². The summed E-state index contributed by atoms with van der Waals surface area (Å²) in [4.78, 5) is 25.9. The maximum absolute atomic E-state index is 14.0. The largest absolute Gasteiger partial charge is 0.461 e. The van der Waals surface area contributed by atoms with Crippen LogP contribution in [0.3, 0.4) is 0 Å². The van der Waals surface area contributed by atoms with Crippen LogP contribution >= 0.6 is 77.3 Å². The lowest BCUT2D eigenvalue weighted by atomic mass is 9.92. The van der Waals surface area contributed by atoms with Gasteiger partial charge in [-0.15, -0.1) is 77.3 Å². The van der Waals surface area contributed by atoms with Crippen molar-refractivity contribution in [3.8, 4) is 30.6 Å². The van der Waals surface area contributed by atoms with E-state index < -0.39 is 0 Å². The second-order valence-corrected chi connectivity index (χ2v) is 28.1. The van der Waals surface area contributed by atoms with E-state index >= 15 is 0 Å². The minimum Gasteiger partial charge on any atom is -0.461 e. The van der Waals surface area contributed by atoms with Gasteiger partial charge in [-0.05, 0) is 84.2 Å². The Morgan fingerprint density at radius 2 is 1.11 bits per heavy atom. The van der Waals surface area contributed by atoms with Crippen LogP contribution in [0.2, 0.25) is 0 Å². The monoisotopic (exact) mass is 1020 g/mol. The lowest BCUT2D eigenvalue weighted by Crippen LogP contribution is -2.17. The van der Waals surface area contributed by atoms with E-state index in [0.717, 1.165) is 54.1 Å². The van der Waals surface area contributed by atoms with E-state index in [-0.39, 0.29) is 16.8 Å². The van der Waals surface area contributed by atoms with Crippen molar-refractivity contribution in [2.24, 2.45) is 17.8 Å². The molecule has 0 aliphatic heterocycles. The molecule has 0 aliphatic carbocycles. The summed E-state index contributed by atoms with van der Waals surface area (Å²) in [6, 6.07) is 14.9. The Morgan fingerprint density at radius 1 is 0.591 bits per heavy atom. The summed E-state index contributed by atoms with van der Waals surface area (Å²) in [5.74, 6) is 1.68. The van der Waals surface area contributed by atoms with E-state index in [4.69, 9.17) is 4.74 Å². The molecule has 7 rings (SSSR count). The number of rotatable bonds is 22. The second-order valence-electron chi connectivity index (χ2n) is 21.1. The summed E-state index contributed by atoms with van der Waals surface area (Å²) in [6.45, 7) is 28.4. The van der Waals surface area contributed by atoms with Crippen molar-refractivity contribution in [2.45, 2.75) is 184 Å². The third-order valence-corrected chi connectivity index (χ3v) is 22.6. The first-order valence-corrected chi connectivity index (χ1v) is 30.8. The Hall–Kier alpha value is -1.90. The molecule has 0 saturated heterocycles. The summed E-state index contributed by atoms with van der Waals surface area (Å²) in [7, 11) is 2.99. The fourth-order valence-corrected chi connectivity index (χ4v) is 18.1. The van der Waals surface area contributed by atoms with Gasteiger partial charge in [0, 0.05) is 76.1 Å². The van der Waals surface area contributed by atoms with Crippen molar-refractivity contribution in [1.82, 2.24) is 0 Å². The Morgan fingerprint density at radius 3 is 1.61 bits per heavy atom. The minimum absolute atomic E-state index is 0.0338. The van der Waals surface area contributed by atoms with Gasteiger partial charge in [0.05, 0.1) is 16.2 Å². The first kappa shape index (κ1) is 51.9. The molecule has 1 aromatic carbocycles. The molecule has 4 atom stereocenters. The average molecular weight is 1020 g/mol. The number of hydrogen-bond acceptors (Lipinski definition) is 8. The summed E-state index contributed by atoms with van der Waals surface area (Å²) in [5, 5.41) is 5.00.